The number of rotatable bonds is 8. The highest BCUT2D eigenvalue weighted by Crippen LogP contribution is 2.57. The van der Waals surface area contributed by atoms with Gasteiger partial charge in [-0.05, 0) is 62.3 Å². The van der Waals surface area contributed by atoms with Crippen LogP contribution >= 0.6 is 0 Å². The minimum absolute atomic E-state index is 0.0116. The van der Waals surface area contributed by atoms with Gasteiger partial charge in [0, 0.05) is 18.7 Å². The summed E-state index contributed by atoms with van der Waals surface area (Å²) in [6, 6.07) is 4.38. The molecule has 46 heavy (non-hydrogen) atoms. The maximum Gasteiger partial charge on any atom is 0.418 e. The lowest BCUT2D eigenvalue weighted by Crippen LogP contribution is -2.40. The van der Waals surface area contributed by atoms with E-state index in [1.54, 1.807) is 0 Å². The lowest BCUT2D eigenvalue weighted by atomic mass is 9.85. The van der Waals surface area contributed by atoms with E-state index in [2.05, 4.69) is 15.6 Å². The molecule has 0 unspecified atom stereocenters. The van der Waals surface area contributed by atoms with Crippen molar-refractivity contribution in [2.75, 3.05) is 12.4 Å². The Hall–Kier alpha value is -4.18. The molecule has 17 heteroatoms. The summed E-state index contributed by atoms with van der Waals surface area (Å²) in [5.74, 6) is -4.61. The first-order valence-corrected chi connectivity index (χ1v) is 14.1. The fourth-order valence-corrected chi connectivity index (χ4v) is 5.87. The van der Waals surface area contributed by atoms with Crippen molar-refractivity contribution in [3.05, 3.63) is 47.0 Å². The molecule has 0 atom stereocenters. The Labute approximate surface area is 254 Å². The zero-order valence-corrected chi connectivity index (χ0v) is 24.0. The fraction of sp³-hybridized carbons (Fsp3) is 0.483. The van der Waals surface area contributed by atoms with Crippen molar-refractivity contribution in [3.63, 3.8) is 0 Å². The predicted molar refractivity (Wildman–Crippen MR) is 145 cm³/mol. The van der Waals surface area contributed by atoms with E-state index in [0.717, 1.165) is 18.2 Å². The molecule has 0 radical (unpaired) electrons. The second kappa shape index (κ2) is 11.6. The van der Waals surface area contributed by atoms with Crippen molar-refractivity contribution < 1.29 is 58.9 Å². The van der Waals surface area contributed by atoms with Crippen LogP contribution in [0.4, 0.5) is 51.1 Å². The number of nitrogens with one attached hydrogen (secondary N) is 2. The zero-order valence-electron chi connectivity index (χ0n) is 24.0. The van der Waals surface area contributed by atoms with Gasteiger partial charge in [0.25, 0.3) is 0 Å². The number of methoxy groups -OCH3 is 1. The van der Waals surface area contributed by atoms with Crippen LogP contribution in [0.3, 0.4) is 0 Å². The average Bonchev–Trinajstić information content (AvgIpc) is 3.72. The van der Waals surface area contributed by atoms with E-state index < -0.39 is 78.4 Å². The maximum atomic E-state index is 14.1. The van der Waals surface area contributed by atoms with E-state index in [9.17, 15) is 54.2 Å². The van der Waals surface area contributed by atoms with Gasteiger partial charge in [0.15, 0.2) is 0 Å². The number of carboxylic acid groups (broad SMARTS) is 1. The molecule has 0 aliphatic heterocycles. The molecular formula is C29H27F9N4O4. The molecule has 0 spiro atoms. The first kappa shape index (κ1) is 33.2. The van der Waals surface area contributed by atoms with Crippen molar-refractivity contribution in [1.29, 1.82) is 0 Å². The van der Waals surface area contributed by atoms with E-state index in [-0.39, 0.29) is 59.5 Å². The molecule has 3 N–H and O–H groups in total. The highest BCUT2D eigenvalue weighted by molar-refractivity contribution is 5.96. The van der Waals surface area contributed by atoms with Crippen LogP contribution in [-0.2, 0) is 17.5 Å². The quantitative estimate of drug-likeness (QED) is 0.212. The number of halogens is 9. The van der Waals surface area contributed by atoms with Crippen LogP contribution in [-0.4, -0.2) is 46.0 Å². The fourth-order valence-electron chi connectivity index (χ4n) is 5.87. The molecule has 2 aromatic carbocycles. The number of benzene rings is 2. The number of hydrogen-bond donors (Lipinski definition) is 3. The molecule has 2 saturated carbocycles. The van der Waals surface area contributed by atoms with Crippen LogP contribution in [0.25, 0.3) is 11.0 Å². The van der Waals surface area contributed by atoms with E-state index in [0.29, 0.717) is 6.07 Å². The molecule has 1 amide bonds. The molecule has 2 aliphatic rings. The van der Waals surface area contributed by atoms with Gasteiger partial charge < -0.3 is 25.0 Å². The third-order valence-corrected chi connectivity index (χ3v) is 8.58. The number of alkyl halides is 9. The van der Waals surface area contributed by atoms with Gasteiger partial charge in [-0.2, -0.15) is 39.5 Å². The van der Waals surface area contributed by atoms with Crippen LogP contribution in [0, 0.1) is 11.3 Å². The lowest BCUT2D eigenvalue weighted by Gasteiger charge is -2.32. The Bertz CT molecular complexity index is 1650. The summed E-state index contributed by atoms with van der Waals surface area (Å²) in [6.45, 7) is -0.527. The van der Waals surface area contributed by atoms with Crippen molar-refractivity contribution >= 4 is 34.5 Å². The van der Waals surface area contributed by atoms with Crippen molar-refractivity contribution in [3.8, 4) is 5.75 Å². The molecule has 5 rings (SSSR count). The molecule has 3 aromatic rings. The first-order valence-electron chi connectivity index (χ1n) is 14.1. The van der Waals surface area contributed by atoms with Gasteiger partial charge in [-0.15, -0.1) is 0 Å². The monoisotopic (exact) mass is 666 g/mol. The number of ether oxygens (including phenoxy) is 1. The molecule has 1 heterocycles. The standard InChI is InChI=1S/C29H27F9N4O4/c1-46-22-12-21-20(11-17(22)23(43)44)41-25(42(21)16-5-3-15(4-6-16)27(30,31)32)40-19-10-14(2-7-18(19)28(33,34)35)13-39-24(45)26(8-9-26)29(36,37)38/h2,7,10-12,15-16H,3-6,8-9,13H2,1H3,(H,39,45)(H,40,41)(H,43,44)/t15-,16-. The van der Waals surface area contributed by atoms with Gasteiger partial charge in [0.1, 0.15) is 16.7 Å². The number of aromatic nitrogens is 2. The average molecular weight is 667 g/mol. The molecule has 250 valence electrons. The van der Waals surface area contributed by atoms with Crippen LogP contribution in [0.1, 0.15) is 66.1 Å². The summed E-state index contributed by atoms with van der Waals surface area (Å²) in [5.41, 5.74) is -4.41. The number of nitrogens with zero attached hydrogens (tertiary/aromatic N) is 2. The van der Waals surface area contributed by atoms with E-state index in [1.807, 2.05) is 0 Å². The van der Waals surface area contributed by atoms with Gasteiger partial charge in [-0.1, -0.05) is 6.07 Å². The number of anilines is 2. The number of carboxylic acids is 1. The first-order chi connectivity index (χ1) is 21.4. The molecule has 8 nitrogen and oxygen atoms in total. The number of carbonyl (C=O) groups excluding carboxylic acids is 1. The summed E-state index contributed by atoms with van der Waals surface area (Å²) in [6.07, 6.45) is -15.5. The Morgan fingerprint density at radius 1 is 1.00 bits per heavy atom. The topological polar surface area (TPSA) is 105 Å². The Morgan fingerprint density at radius 3 is 2.17 bits per heavy atom. The number of aromatic carboxylic acids is 1. The summed E-state index contributed by atoms with van der Waals surface area (Å²) >= 11 is 0. The van der Waals surface area contributed by atoms with Gasteiger partial charge in [-0.3, -0.25) is 4.79 Å². The number of fused-ring (bicyclic) bond motifs is 1. The third-order valence-electron chi connectivity index (χ3n) is 8.58. The third kappa shape index (κ3) is 6.27. The van der Waals surface area contributed by atoms with Gasteiger partial charge >= 0.3 is 24.5 Å². The van der Waals surface area contributed by atoms with Crippen molar-refractivity contribution in [1.82, 2.24) is 14.9 Å². The Morgan fingerprint density at radius 2 is 1.65 bits per heavy atom. The van der Waals surface area contributed by atoms with Gasteiger partial charge in [0.2, 0.25) is 11.9 Å². The second-order valence-corrected chi connectivity index (χ2v) is 11.5. The molecule has 0 bridgehead atoms. The lowest BCUT2D eigenvalue weighted by molar-refractivity contribution is -0.192. The molecule has 0 saturated heterocycles. The van der Waals surface area contributed by atoms with Gasteiger partial charge in [-0.25, -0.2) is 9.78 Å². The zero-order chi connectivity index (χ0) is 33.8. The minimum Gasteiger partial charge on any atom is -0.496 e. The number of amides is 1. The van der Waals surface area contributed by atoms with E-state index in [1.165, 1.54) is 17.7 Å². The highest BCUT2D eigenvalue weighted by Gasteiger charge is 2.68. The number of carbonyl (C=O) groups is 2. The van der Waals surface area contributed by atoms with Gasteiger partial charge in [0.05, 0.1) is 35.3 Å². The Balaban J connectivity index is 1.54. The normalized spacial score (nSPS) is 20.0. The molecule has 2 aliphatic carbocycles. The smallest absolute Gasteiger partial charge is 0.418 e. The summed E-state index contributed by atoms with van der Waals surface area (Å²) in [4.78, 5) is 28.4. The van der Waals surface area contributed by atoms with E-state index in [4.69, 9.17) is 4.74 Å². The summed E-state index contributed by atoms with van der Waals surface area (Å²) in [5, 5.41) is 14.3. The van der Waals surface area contributed by atoms with Crippen LogP contribution < -0.4 is 15.4 Å². The van der Waals surface area contributed by atoms with E-state index >= 15 is 0 Å². The molecule has 2 fully saturated rings. The summed E-state index contributed by atoms with van der Waals surface area (Å²) < 4.78 is 129. The van der Waals surface area contributed by atoms with Crippen molar-refractivity contribution in [2.45, 2.75) is 69.6 Å². The molecular weight excluding hydrogens is 639 g/mol. The number of imidazole rings is 1. The number of hydrogen-bond acceptors (Lipinski definition) is 5. The Kier molecular flexibility index (Phi) is 8.34. The predicted octanol–water partition coefficient (Wildman–Crippen LogP) is 7.76. The maximum absolute atomic E-state index is 14.1. The van der Waals surface area contributed by atoms with Crippen LogP contribution in [0.5, 0.6) is 5.75 Å². The highest BCUT2D eigenvalue weighted by atomic mass is 19.4. The SMILES string of the molecule is COc1cc2c(cc1C(=O)O)nc(Nc1cc(CNC(=O)C3(C(F)(F)F)CC3)ccc1C(F)(F)F)n2[C@H]1CC[C@H](C(F)(F)F)CC1. The van der Waals surface area contributed by atoms with Crippen LogP contribution in [0.15, 0.2) is 30.3 Å². The van der Waals surface area contributed by atoms with Crippen LogP contribution in [0.2, 0.25) is 0 Å². The second-order valence-electron chi connectivity index (χ2n) is 11.5. The molecule has 1 aromatic heterocycles. The summed E-state index contributed by atoms with van der Waals surface area (Å²) in [7, 11) is 1.20. The minimum atomic E-state index is -4.93. The largest absolute Gasteiger partial charge is 0.496 e. The van der Waals surface area contributed by atoms with Crippen molar-refractivity contribution in [2.24, 2.45) is 11.3 Å².